The Bertz CT molecular complexity index is 368. The van der Waals surface area contributed by atoms with Crippen LogP contribution in [-0.2, 0) is 9.59 Å². The third-order valence-corrected chi connectivity index (χ3v) is 5.91. The molecule has 0 heterocycles. The van der Waals surface area contributed by atoms with Gasteiger partial charge in [0, 0.05) is 31.8 Å². The first kappa shape index (κ1) is 18.5. The standard InChI is InChI=1S/C20H35NO2/c1-2-21(16-15-19(22)18-11-7-4-8-12-18)20(23)14-13-17-9-5-3-6-10-17/h17-18H,2-16H2,1H3. The lowest BCUT2D eigenvalue weighted by Crippen LogP contribution is -2.34. The van der Waals surface area contributed by atoms with Crippen LogP contribution in [0.3, 0.4) is 0 Å². The lowest BCUT2D eigenvalue weighted by Gasteiger charge is -2.25. The van der Waals surface area contributed by atoms with Crippen LogP contribution in [0.4, 0.5) is 0 Å². The van der Waals surface area contributed by atoms with Gasteiger partial charge in [0.15, 0.2) is 0 Å². The summed E-state index contributed by atoms with van der Waals surface area (Å²) in [4.78, 5) is 26.6. The van der Waals surface area contributed by atoms with E-state index in [0.29, 0.717) is 25.2 Å². The van der Waals surface area contributed by atoms with Crippen LogP contribution in [0.25, 0.3) is 0 Å². The summed E-state index contributed by atoms with van der Waals surface area (Å²) in [6.07, 6.45) is 14.8. The summed E-state index contributed by atoms with van der Waals surface area (Å²) in [7, 11) is 0. The van der Waals surface area contributed by atoms with Crippen LogP contribution in [0.15, 0.2) is 0 Å². The molecule has 0 aromatic carbocycles. The van der Waals surface area contributed by atoms with E-state index in [9.17, 15) is 9.59 Å². The molecule has 132 valence electrons. The number of rotatable bonds is 8. The smallest absolute Gasteiger partial charge is 0.222 e. The minimum absolute atomic E-state index is 0.259. The first-order valence-corrected chi connectivity index (χ1v) is 10.0. The number of amides is 1. The Hall–Kier alpha value is -0.860. The molecule has 3 nitrogen and oxygen atoms in total. The molecule has 2 rings (SSSR count). The van der Waals surface area contributed by atoms with Gasteiger partial charge in [0.25, 0.3) is 0 Å². The van der Waals surface area contributed by atoms with Crippen molar-refractivity contribution >= 4 is 11.7 Å². The van der Waals surface area contributed by atoms with Gasteiger partial charge < -0.3 is 4.90 Å². The topological polar surface area (TPSA) is 37.4 Å². The molecule has 0 unspecified atom stereocenters. The molecule has 3 heteroatoms. The lowest BCUT2D eigenvalue weighted by molar-refractivity contribution is -0.132. The number of hydrogen-bond acceptors (Lipinski definition) is 2. The molecule has 0 aromatic heterocycles. The zero-order valence-corrected chi connectivity index (χ0v) is 15.0. The Balaban J connectivity index is 1.68. The van der Waals surface area contributed by atoms with Gasteiger partial charge in [0.1, 0.15) is 5.78 Å². The highest BCUT2D eigenvalue weighted by Gasteiger charge is 2.22. The molecule has 2 saturated carbocycles. The van der Waals surface area contributed by atoms with E-state index in [1.54, 1.807) is 0 Å². The van der Waals surface area contributed by atoms with Gasteiger partial charge in [-0.3, -0.25) is 9.59 Å². The second-order valence-corrected chi connectivity index (χ2v) is 7.57. The second-order valence-electron chi connectivity index (χ2n) is 7.57. The Kier molecular flexibility index (Phi) is 8.11. The van der Waals surface area contributed by atoms with Gasteiger partial charge in [0.2, 0.25) is 5.91 Å². The van der Waals surface area contributed by atoms with Gasteiger partial charge in [-0.25, -0.2) is 0 Å². The molecular weight excluding hydrogens is 286 g/mol. The van der Waals surface area contributed by atoms with Crippen molar-refractivity contribution in [3.05, 3.63) is 0 Å². The SMILES string of the molecule is CCN(CCC(=O)C1CCCCC1)C(=O)CCC1CCCCC1. The summed E-state index contributed by atoms with van der Waals surface area (Å²) in [5.41, 5.74) is 0. The molecule has 2 aliphatic carbocycles. The van der Waals surface area contributed by atoms with E-state index in [1.165, 1.54) is 51.4 Å². The predicted octanol–water partition coefficient (Wildman–Crippen LogP) is 4.73. The van der Waals surface area contributed by atoms with E-state index in [2.05, 4.69) is 0 Å². The number of Topliss-reactive ketones (excluding diaryl/α,β-unsaturated/α-hetero) is 1. The molecule has 0 N–H and O–H groups in total. The van der Waals surface area contributed by atoms with Crippen LogP contribution in [0, 0.1) is 11.8 Å². The molecule has 2 fully saturated rings. The number of ketones is 1. The van der Waals surface area contributed by atoms with Crippen molar-refractivity contribution in [1.29, 1.82) is 0 Å². The average Bonchev–Trinajstić information content (AvgIpc) is 2.62. The first-order chi connectivity index (χ1) is 11.2. The molecule has 1 amide bonds. The second kappa shape index (κ2) is 10.1. The maximum absolute atomic E-state index is 12.4. The first-order valence-electron chi connectivity index (χ1n) is 10.0. The molecule has 0 saturated heterocycles. The van der Waals surface area contributed by atoms with Crippen molar-refractivity contribution in [2.24, 2.45) is 11.8 Å². The zero-order chi connectivity index (χ0) is 16.5. The number of carbonyl (C=O) groups is 2. The van der Waals surface area contributed by atoms with E-state index in [4.69, 9.17) is 0 Å². The van der Waals surface area contributed by atoms with Gasteiger partial charge in [-0.2, -0.15) is 0 Å². The fraction of sp³-hybridized carbons (Fsp3) is 0.900. The molecule has 0 atom stereocenters. The van der Waals surface area contributed by atoms with Crippen LogP contribution in [-0.4, -0.2) is 29.7 Å². The normalized spacial score (nSPS) is 20.4. The fourth-order valence-electron chi connectivity index (χ4n) is 4.29. The summed E-state index contributed by atoms with van der Waals surface area (Å²) in [6.45, 7) is 3.40. The van der Waals surface area contributed by atoms with Gasteiger partial charge in [0.05, 0.1) is 0 Å². The molecule has 0 radical (unpaired) electrons. The monoisotopic (exact) mass is 321 g/mol. The molecule has 23 heavy (non-hydrogen) atoms. The Labute approximate surface area is 142 Å². The van der Waals surface area contributed by atoms with E-state index in [1.807, 2.05) is 11.8 Å². The Morgan fingerprint density at radius 3 is 2.09 bits per heavy atom. The van der Waals surface area contributed by atoms with Crippen LogP contribution in [0.2, 0.25) is 0 Å². The number of hydrogen-bond donors (Lipinski definition) is 0. The van der Waals surface area contributed by atoms with Crippen LogP contribution in [0.5, 0.6) is 0 Å². The molecule has 0 aliphatic heterocycles. The van der Waals surface area contributed by atoms with Gasteiger partial charge in [-0.1, -0.05) is 51.4 Å². The Morgan fingerprint density at radius 2 is 1.48 bits per heavy atom. The number of nitrogens with zero attached hydrogens (tertiary/aromatic N) is 1. The minimum atomic E-state index is 0.259. The largest absolute Gasteiger partial charge is 0.343 e. The molecule has 0 spiro atoms. The van der Waals surface area contributed by atoms with E-state index < -0.39 is 0 Å². The van der Waals surface area contributed by atoms with E-state index in [-0.39, 0.29) is 11.8 Å². The number of carbonyl (C=O) groups excluding carboxylic acids is 2. The van der Waals surface area contributed by atoms with E-state index in [0.717, 1.165) is 31.7 Å². The quantitative estimate of drug-likeness (QED) is 0.648. The minimum Gasteiger partial charge on any atom is -0.343 e. The summed E-state index contributed by atoms with van der Waals surface area (Å²) in [5.74, 6) is 1.69. The van der Waals surface area contributed by atoms with Crippen molar-refractivity contribution in [1.82, 2.24) is 4.90 Å². The molecule has 0 bridgehead atoms. The summed E-state index contributed by atoms with van der Waals surface area (Å²) >= 11 is 0. The molecule has 2 aliphatic rings. The van der Waals surface area contributed by atoms with Crippen molar-refractivity contribution in [2.75, 3.05) is 13.1 Å². The van der Waals surface area contributed by atoms with Crippen molar-refractivity contribution in [2.45, 2.75) is 90.4 Å². The summed E-state index contributed by atoms with van der Waals surface area (Å²) in [5, 5.41) is 0. The fourth-order valence-corrected chi connectivity index (χ4v) is 4.29. The average molecular weight is 322 g/mol. The molecular formula is C20H35NO2. The third-order valence-electron chi connectivity index (χ3n) is 5.91. The zero-order valence-electron chi connectivity index (χ0n) is 15.0. The van der Waals surface area contributed by atoms with Crippen molar-refractivity contribution in [3.63, 3.8) is 0 Å². The highest BCUT2D eigenvalue weighted by Crippen LogP contribution is 2.28. The maximum atomic E-state index is 12.4. The molecule has 0 aromatic rings. The summed E-state index contributed by atoms with van der Waals surface area (Å²) < 4.78 is 0. The van der Waals surface area contributed by atoms with Crippen LogP contribution in [0.1, 0.15) is 90.4 Å². The van der Waals surface area contributed by atoms with Crippen molar-refractivity contribution in [3.8, 4) is 0 Å². The van der Waals surface area contributed by atoms with Crippen molar-refractivity contribution < 1.29 is 9.59 Å². The van der Waals surface area contributed by atoms with Crippen LogP contribution >= 0.6 is 0 Å². The highest BCUT2D eigenvalue weighted by atomic mass is 16.2. The Morgan fingerprint density at radius 1 is 0.870 bits per heavy atom. The third kappa shape index (κ3) is 6.27. The highest BCUT2D eigenvalue weighted by molar-refractivity contribution is 5.82. The van der Waals surface area contributed by atoms with Gasteiger partial charge >= 0.3 is 0 Å². The van der Waals surface area contributed by atoms with E-state index >= 15 is 0 Å². The summed E-state index contributed by atoms with van der Waals surface area (Å²) in [6, 6.07) is 0. The predicted molar refractivity (Wildman–Crippen MR) is 94.3 cm³/mol. The lowest BCUT2D eigenvalue weighted by atomic mass is 9.85. The van der Waals surface area contributed by atoms with Crippen LogP contribution < -0.4 is 0 Å². The maximum Gasteiger partial charge on any atom is 0.222 e. The van der Waals surface area contributed by atoms with Gasteiger partial charge in [-0.15, -0.1) is 0 Å². The van der Waals surface area contributed by atoms with Gasteiger partial charge in [-0.05, 0) is 32.1 Å².